The standard InChI is InChI=1S/C12H16Br4O/c13-8-6-4-2-1-3-5-7-9(17)11(15)12(16)10(8)14/h9,17H,1-7H2/b10-8-,12-11-. The number of hydrogen-bond donors (Lipinski definition) is 1. The molecule has 1 aliphatic carbocycles. The summed E-state index contributed by atoms with van der Waals surface area (Å²) < 4.78 is 3.86. The Hall–Kier alpha value is 1.36. The third kappa shape index (κ3) is 5.47. The van der Waals surface area contributed by atoms with E-state index in [1.54, 1.807) is 0 Å². The molecule has 1 unspecified atom stereocenters. The predicted octanol–water partition coefficient (Wildman–Crippen LogP) is 6.09. The van der Waals surface area contributed by atoms with Crippen molar-refractivity contribution < 1.29 is 5.11 Å². The van der Waals surface area contributed by atoms with E-state index in [0.717, 1.165) is 37.2 Å². The lowest BCUT2D eigenvalue weighted by Crippen LogP contribution is -2.07. The lowest BCUT2D eigenvalue weighted by Gasteiger charge is -2.14. The minimum atomic E-state index is -0.420. The maximum Gasteiger partial charge on any atom is 0.0866 e. The average molecular weight is 496 g/mol. The highest BCUT2D eigenvalue weighted by Gasteiger charge is 2.16. The van der Waals surface area contributed by atoms with E-state index in [1.165, 1.54) is 25.7 Å². The van der Waals surface area contributed by atoms with Crippen LogP contribution in [0.25, 0.3) is 0 Å². The van der Waals surface area contributed by atoms with E-state index in [0.29, 0.717) is 0 Å². The molecule has 0 bridgehead atoms. The first-order chi connectivity index (χ1) is 8.04. The summed E-state index contributed by atoms with van der Waals surface area (Å²) in [6.07, 6.45) is 7.43. The van der Waals surface area contributed by atoms with Crippen molar-refractivity contribution in [1.82, 2.24) is 0 Å². The van der Waals surface area contributed by atoms with Crippen LogP contribution in [0, 0.1) is 0 Å². The fourth-order valence-electron chi connectivity index (χ4n) is 1.75. The molecule has 0 saturated heterocycles. The molecule has 1 N–H and O–H groups in total. The van der Waals surface area contributed by atoms with Gasteiger partial charge in [-0.3, -0.25) is 0 Å². The highest BCUT2D eigenvalue weighted by molar-refractivity contribution is 9.17. The third-order valence-corrected chi connectivity index (χ3v) is 7.82. The van der Waals surface area contributed by atoms with Crippen LogP contribution in [-0.4, -0.2) is 11.2 Å². The van der Waals surface area contributed by atoms with Gasteiger partial charge in [-0.05, 0) is 51.1 Å². The molecule has 1 nitrogen and oxygen atoms in total. The van der Waals surface area contributed by atoms with E-state index in [2.05, 4.69) is 63.7 Å². The summed E-state index contributed by atoms with van der Waals surface area (Å²) in [6, 6.07) is 0. The number of halogens is 4. The van der Waals surface area contributed by atoms with Gasteiger partial charge in [0, 0.05) is 17.9 Å². The Labute approximate surface area is 137 Å². The largest absolute Gasteiger partial charge is 0.388 e. The van der Waals surface area contributed by atoms with Crippen LogP contribution in [0.2, 0.25) is 0 Å². The van der Waals surface area contributed by atoms with Gasteiger partial charge in [0.2, 0.25) is 0 Å². The van der Waals surface area contributed by atoms with E-state index in [4.69, 9.17) is 0 Å². The molecule has 98 valence electrons. The van der Waals surface area contributed by atoms with Crippen molar-refractivity contribution in [2.45, 2.75) is 51.0 Å². The molecule has 0 aromatic rings. The Morgan fingerprint density at radius 3 is 2.12 bits per heavy atom. The number of allylic oxidation sites excluding steroid dienone is 3. The molecule has 0 fully saturated rings. The minimum Gasteiger partial charge on any atom is -0.388 e. The smallest absolute Gasteiger partial charge is 0.0866 e. The third-order valence-electron chi connectivity index (χ3n) is 2.81. The Morgan fingerprint density at radius 2 is 1.41 bits per heavy atom. The monoisotopic (exact) mass is 492 g/mol. The summed E-state index contributed by atoms with van der Waals surface area (Å²) >= 11 is 14.2. The summed E-state index contributed by atoms with van der Waals surface area (Å²) in [5.41, 5.74) is 0. The van der Waals surface area contributed by atoms with E-state index in [9.17, 15) is 5.11 Å². The molecule has 0 spiro atoms. The quantitative estimate of drug-likeness (QED) is 0.431. The lowest BCUT2D eigenvalue weighted by molar-refractivity contribution is 0.205. The fourth-order valence-corrected chi connectivity index (χ4v) is 4.11. The summed E-state index contributed by atoms with van der Waals surface area (Å²) in [4.78, 5) is 0. The number of hydrogen-bond acceptors (Lipinski definition) is 1. The minimum absolute atomic E-state index is 0.420. The van der Waals surface area contributed by atoms with Crippen LogP contribution in [0.1, 0.15) is 44.9 Å². The Kier molecular flexibility index (Phi) is 8.22. The number of aliphatic hydroxyl groups is 1. The van der Waals surface area contributed by atoms with E-state index < -0.39 is 6.10 Å². The van der Waals surface area contributed by atoms with Crippen molar-refractivity contribution in [2.24, 2.45) is 0 Å². The van der Waals surface area contributed by atoms with Crippen LogP contribution < -0.4 is 0 Å². The van der Waals surface area contributed by atoms with Gasteiger partial charge in [-0.2, -0.15) is 0 Å². The van der Waals surface area contributed by atoms with Gasteiger partial charge in [0.25, 0.3) is 0 Å². The molecule has 0 amide bonds. The molecular weight excluding hydrogens is 480 g/mol. The zero-order valence-electron chi connectivity index (χ0n) is 9.49. The van der Waals surface area contributed by atoms with E-state index >= 15 is 0 Å². The summed E-state index contributed by atoms with van der Waals surface area (Å²) in [5, 5.41) is 10.0. The van der Waals surface area contributed by atoms with Gasteiger partial charge in [-0.1, -0.05) is 57.5 Å². The molecular formula is C12H16Br4O. The SMILES string of the molecule is OC1CCCCCCC/C(Br)=C(Br)\C(Br)=C/1Br. The zero-order valence-corrected chi connectivity index (χ0v) is 15.8. The molecule has 0 saturated carbocycles. The summed E-state index contributed by atoms with van der Waals surface area (Å²) in [5.74, 6) is 0. The van der Waals surface area contributed by atoms with Crippen LogP contribution in [-0.2, 0) is 0 Å². The van der Waals surface area contributed by atoms with Crippen molar-refractivity contribution in [3.63, 3.8) is 0 Å². The van der Waals surface area contributed by atoms with Gasteiger partial charge < -0.3 is 5.11 Å². The average Bonchev–Trinajstić information content (AvgIpc) is 2.33. The molecule has 0 aromatic heterocycles. The van der Waals surface area contributed by atoms with Gasteiger partial charge in [0.15, 0.2) is 0 Å². The van der Waals surface area contributed by atoms with Crippen molar-refractivity contribution >= 4 is 63.7 Å². The zero-order chi connectivity index (χ0) is 12.8. The van der Waals surface area contributed by atoms with Crippen molar-refractivity contribution in [3.05, 3.63) is 17.9 Å². The van der Waals surface area contributed by atoms with Crippen molar-refractivity contribution in [3.8, 4) is 0 Å². The second-order valence-corrected chi connectivity index (χ2v) is 7.60. The number of rotatable bonds is 0. The Bertz CT molecular complexity index is 322. The lowest BCUT2D eigenvalue weighted by atomic mass is 10.1. The molecule has 1 rings (SSSR count). The molecule has 17 heavy (non-hydrogen) atoms. The fraction of sp³-hybridized carbons (Fsp3) is 0.667. The molecule has 0 aliphatic heterocycles. The van der Waals surface area contributed by atoms with Gasteiger partial charge in [-0.15, -0.1) is 0 Å². The molecule has 0 heterocycles. The highest BCUT2D eigenvalue weighted by Crippen LogP contribution is 2.38. The van der Waals surface area contributed by atoms with Gasteiger partial charge in [-0.25, -0.2) is 0 Å². The number of aliphatic hydroxyl groups excluding tert-OH is 1. The van der Waals surface area contributed by atoms with Crippen LogP contribution in [0.5, 0.6) is 0 Å². The molecule has 1 atom stereocenters. The van der Waals surface area contributed by atoms with Crippen molar-refractivity contribution in [2.75, 3.05) is 0 Å². The van der Waals surface area contributed by atoms with Crippen molar-refractivity contribution in [1.29, 1.82) is 0 Å². The normalized spacial score (nSPS) is 34.1. The summed E-state index contributed by atoms with van der Waals surface area (Å²) in [6.45, 7) is 0. The van der Waals surface area contributed by atoms with E-state index in [-0.39, 0.29) is 0 Å². The van der Waals surface area contributed by atoms with Crippen LogP contribution in [0.15, 0.2) is 17.9 Å². The Balaban J connectivity index is 2.93. The van der Waals surface area contributed by atoms with Crippen LogP contribution >= 0.6 is 63.7 Å². The highest BCUT2D eigenvalue weighted by atomic mass is 79.9. The topological polar surface area (TPSA) is 20.2 Å². The van der Waals surface area contributed by atoms with Crippen LogP contribution in [0.4, 0.5) is 0 Å². The molecule has 1 aliphatic rings. The maximum absolute atomic E-state index is 10.0. The predicted molar refractivity (Wildman–Crippen MR) is 88.1 cm³/mol. The Morgan fingerprint density at radius 1 is 0.824 bits per heavy atom. The maximum atomic E-state index is 10.0. The first-order valence-electron chi connectivity index (χ1n) is 5.81. The first-order valence-corrected chi connectivity index (χ1v) is 8.99. The molecule has 0 aromatic carbocycles. The second kappa shape index (κ2) is 8.51. The van der Waals surface area contributed by atoms with Gasteiger partial charge in [0.05, 0.1) is 6.10 Å². The van der Waals surface area contributed by atoms with Gasteiger partial charge in [0.1, 0.15) is 0 Å². The molecule has 0 radical (unpaired) electrons. The van der Waals surface area contributed by atoms with E-state index in [1.807, 2.05) is 0 Å². The van der Waals surface area contributed by atoms with Crippen LogP contribution in [0.3, 0.4) is 0 Å². The van der Waals surface area contributed by atoms with Gasteiger partial charge >= 0.3 is 0 Å². The molecule has 5 heteroatoms. The second-order valence-electron chi connectivity index (χ2n) is 4.20. The first kappa shape index (κ1) is 16.4. The summed E-state index contributed by atoms with van der Waals surface area (Å²) in [7, 11) is 0.